The highest BCUT2D eigenvalue weighted by molar-refractivity contribution is 6.05. The van der Waals surface area contributed by atoms with E-state index in [9.17, 15) is 14.4 Å². The van der Waals surface area contributed by atoms with Crippen molar-refractivity contribution in [3.63, 3.8) is 0 Å². The van der Waals surface area contributed by atoms with Gasteiger partial charge in [0, 0.05) is 25.7 Å². The van der Waals surface area contributed by atoms with Crippen molar-refractivity contribution >= 4 is 17.8 Å². The largest absolute Gasteiger partial charge is 0.454 e. The number of urea groups is 1. The van der Waals surface area contributed by atoms with Crippen LogP contribution in [0.5, 0.6) is 11.5 Å². The van der Waals surface area contributed by atoms with E-state index >= 15 is 0 Å². The lowest BCUT2D eigenvalue weighted by Crippen LogP contribution is -2.46. The van der Waals surface area contributed by atoms with Gasteiger partial charge in [-0.2, -0.15) is 0 Å². The van der Waals surface area contributed by atoms with Crippen molar-refractivity contribution in [1.29, 1.82) is 0 Å². The highest BCUT2D eigenvalue weighted by Gasteiger charge is 2.39. The summed E-state index contributed by atoms with van der Waals surface area (Å²) in [7, 11) is 0. The summed E-state index contributed by atoms with van der Waals surface area (Å²) in [5.74, 6) is 0.622. The number of ether oxygens (including phenoxy) is 2. The smallest absolute Gasteiger partial charge is 0.325 e. The van der Waals surface area contributed by atoms with Crippen LogP contribution in [0.15, 0.2) is 48.5 Å². The van der Waals surface area contributed by atoms with E-state index in [0.29, 0.717) is 11.5 Å². The maximum atomic E-state index is 12.8. The number of nitrogens with zero attached hydrogens (tertiary/aromatic N) is 2. The average Bonchev–Trinajstić information content (AvgIpc) is 3.41. The fourth-order valence-corrected chi connectivity index (χ4v) is 4.64. The number of carbonyl (C=O) groups excluding carboxylic acids is 3. The number of amides is 4. The van der Waals surface area contributed by atoms with E-state index in [1.54, 1.807) is 18.2 Å². The van der Waals surface area contributed by atoms with Crippen molar-refractivity contribution in [2.45, 2.75) is 44.4 Å². The lowest BCUT2D eigenvalue weighted by atomic mass is 10.0. The average molecular weight is 465 g/mol. The molecule has 3 heterocycles. The molecular weight excluding hydrogens is 436 g/mol. The van der Waals surface area contributed by atoms with Crippen LogP contribution in [0.2, 0.25) is 0 Å². The maximum absolute atomic E-state index is 12.8. The van der Waals surface area contributed by atoms with Gasteiger partial charge < -0.3 is 20.1 Å². The molecule has 0 aliphatic carbocycles. The van der Waals surface area contributed by atoms with Crippen LogP contribution < -0.4 is 20.1 Å². The van der Waals surface area contributed by atoms with Crippen molar-refractivity contribution in [3.8, 4) is 11.5 Å². The van der Waals surface area contributed by atoms with Gasteiger partial charge in [0.1, 0.15) is 6.04 Å². The zero-order valence-corrected chi connectivity index (χ0v) is 18.9. The molecule has 0 aromatic heterocycles. The minimum absolute atomic E-state index is 0.0631. The van der Waals surface area contributed by atoms with Gasteiger partial charge in [-0.25, -0.2) is 4.79 Å². The molecule has 3 aliphatic heterocycles. The molecule has 4 amide bonds. The minimum Gasteiger partial charge on any atom is -0.454 e. The van der Waals surface area contributed by atoms with Gasteiger partial charge >= 0.3 is 6.03 Å². The third-order valence-corrected chi connectivity index (χ3v) is 6.48. The molecule has 178 valence electrons. The highest BCUT2D eigenvalue weighted by atomic mass is 16.7. The van der Waals surface area contributed by atoms with Crippen LogP contribution in [0, 0.1) is 0 Å². The zero-order valence-electron chi connectivity index (χ0n) is 18.9. The highest BCUT2D eigenvalue weighted by Crippen LogP contribution is 2.33. The SMILES string of the molecule is O=C(CC1NC(=O)N(Cc2ccc3c(c2)OCO3)C1=O)NC1CCN(Cc2ccccc2)CC1. The van der Waals surface area contributed by atoms with Gasteiger partial charge in [0.25, 0.3) is 5.91 Å². The Labute approximate surface area is 198 Å². The lowest BCUT2D eigenvalue weighted by Gasteiger charge is -2.32. The third-order valence-electron chi connectivity index (χ3n) is 6.48. The Balaban J connectivity index is 1.09. The molecule has 3 aliphatic rings. The number of piperidine rings is 1. The van der Waals surface area contributed by atoms with Gasteiger partial charge in [-0.3, -0.25) is 19.4 Å². The normalized spacial score (nSPS) is 20.5. The number of likely N-dealkylation sites (tertiary alicyclic amines) is 1. The Hall–Kier alpha value is -3.59. The molecule has 0 radical (unpaired) electrons. The summed E-state index contributed by atoms with van der Waals surface area (Å²) in [6, 6.07) is 14.4. The Morgan fingerprint density at radius 3 is 2.53 bits per heavy atom. The molecule has 2 aromatic rings. The molecule has 9 heteroatoms. The van der Waals surface area contributed by atoms with E-state index in [4.69, 9.17) is 9.47 Å². The van der Waals surface area contributed by atoms with E-state index in [1.165, 1.54) is 5.56 Å². The molecule has 1 atom stereocenters. The second-order valence-corrected chi connectivity index (χ2v) is 8.92. The van der Waals surface area contributed by atoms with Crippen LogP contribution in [-0.2, 0) is 22.7 Å². The number of fused-ring (bicyclic) bond motifs is 1. The quantitative estimate of drug-likeness (QED) is 0.608. The van der Waals surface area contributed by atoms with Crippen LogP contribution in [0.1, 0.15) is 30.4 Å². The van der Waals surface area contributed by atoms with Crippen LogP contribution in [-0.4, -0.2) is 59.6 Å². The standard InChI is InChI=1S/C25H28N4O5/c30-23(26-19-8-10-28(11-9-19)14-17-4-2-1-3-5-17)13-20-24(31)29(25(32)27-20)15-18-6-7-21-22(12-18)34-16-33-21/h1-7,12,19-20H,8-11,13-16H2,(H,26,30)(H,27,32). The van der Waals surface area contributed by atoms with Gasteiger partial charge in [0.15, 0.2) is 11.5 Å². The molecule has 2 N–H and O–H groups in total. The van der Waals surface area contributed by atoms with E-state index < -0.39 is 18.0 Å². The Morgan fingerprint density at radius 2 is 1.74 bits per heavy atom. The first-order chi connectivity index (χ1) is 16.5. The van der Waals surface area contributed by atoms with Gasteiger partial charge in [-0.1, -0.05) is 36.4 Å². The summed E-state index contributed by atoms with van der Waals surface area (Å²) >= 11 is 0. The van der Waals surface area contributed by atoms with E-state index in [-0.39, 0.29) is 31.7 Å². The number of rotatable bonds is 7. The number of hydrogen-bond acceptors (Lipinski definition) is 6. The van der Waals surface area contributed by atoms with E-state index in [2.05, 4.69) is 27.7 Å². The molecule has 0 spiro atoms. The van der Waals surface area contributed by atoms with Crippen LogP contribution in [0.4, 0.5) is 4.79 Å². The number of imide groups is 1. The molecule has 2 fully saturated rings. The number of hydrogen-bond donors (Lipinski definition) is 2. The van der Waals surface area contributed by atoms with Gasteiger partial charge in [0.05, 0.1) is 13.0 Å². The summed E-state index contributed by atoms with van der Waals surface area (Å²) in [6.45, 7) is 2.98. The van der Waals surface area contributed by atoms with Gasteiger partial charge in [-0.15, -0.1) is 0 Å². The summed E-state index contributed by atoms with van der Waals surface area (Å²) < 4.78 is 10.6. The van der Waals surface area contributed by atoms with Crippen molar-refractivity contribution in [1.82, 2.24) is 20.4 Å². The van der Waals surface area contributed by atoms with Crippen LogP contribution >= 0.6 is 0 Å². The van der Waals surface area contributed by atoms with Gasteiger partial charge in [0.2, 0.25) is 12.7 Å². The molecule has 0 saturated carbocycles. The maximum Gasteiger partial charge on any atom is 0.325 e. The van der Waals surface area contributed by atoms with E-state index in [0.717, 1.165) is 42.9 Å². The molecule has 2 aromatic carbocycles. The Kier molecular flexibility index (Phi) is 6.35. The molecule has 2 saturated heterocycles. The summed E-state index contributed by atoms with van der Waals surface area (Å²) in [5, 5.41) is 5.68. The Bertz CT molecular complexity index is 1070. The fourth-order valence-electron chi connectivity index (χ4n) is 4.64. The minimum atomic E-state index is -0.848. The molecule has 34 heavy (non-hydrogen) atoms. The number of nitrogens with one attached hydrogen (secondary N) is 2. The fraction of sp³-hybridized carbons (Fsp3) is 0.400. The summed E-state index contributed by atoms with van der Waals surface area (Å²) in [5.41, 5.74) is 2.03. The van der Waals surface area contributed by atoms with Crippen molar-refractivity contribution in [3.05, 3.63) is 59.7 Å². The van der Waals surface area contributed by atoms with Gasteiger partial charge in [-0.05, 0) is 36.1 Å². The molecule has 5 rings (SSSR count). The number of benzene rings is 2. The van der Waals surface area contributed by atoms with Crippen LogP contribution in [0.3, 0.4) is 0 Å². The molecule has 1 unspecified atom stereocenters. The second-order valence-electron chi connectivity index (χ2n) is 8.92. The zero-order chi connectivity index (χ0) is 23.5. The first-order valence-corrected chi connectivity index (χ1v) is 11.6. The topological polar surface area (TPSA) is 100 Å². The summed E-state index contributed by atoms with van der Waals surface area (Å²) in [4.78, 5) is 41.3. The second kappa shape index (κ2) is 9.72. The first-order valence-electron chi connectivity index (χ1n) is 11.6. The third kappa shape index (κ3) is 4.99. The lowest BCUT2D eigenvalue weighted by molar-refractivity contribution is -0.131. The van der Waals surface area contributed by atoms with Crippen molar-refractivity contribution in [2.75, 3.05) is 19.9 Å². The Morgan fingerprint density at radius 1 is 0.971 bits per heavy atom. The first kappa shape index (κ1) is 22.2. The predicted molar refractivity (Wildman–Crippen MR) is 123 cm³/mol. The molecule has 0 bridgehead atoms. The monoisotopic (exact) mass is 464 g/mol. The van der Waals surface area contributed by atoms with E-state index in [1.807, 2.05) is 18.2 Å². The molecular formula is C25H28N4O5. The predicted octanol–water partition coefficient (Wildman–Crippen LogP) is 2.01. The number of carbonyl (C=O) groups is 3. The van der Waals surface area contributed by atoms with Crippen molar-refractivity contribution < 1.29 is 23.9 Å². The van der Waals surface area contributed by atoms with Crippen LogP contribution in [0.25, 0.3) is 0 Å². The van der Waals surface area contributed by atoms with Crippen molar-refractivity contribution in [2.24, 2.45) is 0 Å². The summed E-state index contributed by atoms with van der Waals surface area (Å²) in [6.07, 6.45) is 1.66. The molecule has 9 nitrogen and oxygen atoms in total.